The van der Waals surface area contributed by atoms with Crippen LogP contribution in [0.15, 0.2) is 17.5 Å². The first-order chi connectivity index (χ1) is 13.1. The molecule has 1 aliphatic carbocycles. The Morgan fingerprint density at radius 2 is 2.04 bits per heavy atom. The van der Waals surface area contributed by atoms with Gasteiger partial charge in [-0.15, -0.1) is 11.3 Å². The van der Waals surface area contributed by atoms with E-state index in [4.69, 9.17) is 0 Å². The van der Waals surface area contributed by atoms with Crippen molar-refractivity contribution >= 4 is 17.4 Å². The molecule has 1 atom stereocenters. The van der Waals surface area contributed by atoms with Crippen molar-refractivity contribution in [2.24, 2.45) is 11.3 Å². The van der Waals surface area contributed by atoms with E-state index in [-0.39, 0.29) is 5.54 Å². The monoisotopic (exact) mass is 389 g/mol. The molecule has 148 valence electrons. The van der Waals surface area contributed by atoms with Gasteiger partial charge in [-0.3, -0.25) is 0 Å². The van der Waals surface area contributed by atoms with Gasteiger partial charge in [0.05, 0.1) is 5.54 Å². The Hall–Kier alpha value is -1.11. The summed E-state index contributed by atoms with van der Waals surface area (Å²) in [6.07, 6.45) is 7.90. The Labute approximate surface area is 165 Å². The molecule has 0 unspecified atom stereocenters. The summed E-state index contributed by atoms with van der Waals surface area (Å²) in [5.74, 6) is 0.748. The van der Waals surface area contributed by atoms with E-state index in [9.17, 15) is 9.90 Å². The third-order valence-corrected chi connectivity index (χ3v) is 8.99. The van der Waals surface area contributed by atoms with E-state index in [1.165, 1.54) is 51.6 Å². The molecule has 27 heavy (non-hydrogen) atoms. The van der Waals surface area contributed by atoms with Crippen LogP contribution in [0.4, 0.5) is 4.79 Å². The van der Waals surface area contributed by atoms with Gasteiger partial charge in [0.15, 0.2) is 0 Å². The van der Waals surface area contributed by atoms with E-state index < -0.39 is 6.09 Å². The first-order valence-corrected chi connectivity index (χ1v) is 11.5. The van der Waals surface area contributed by atoms with Gasteiger partial charge >= 0.3 is 6.09 Å². The maximum absolute atomic E-state index is 11.2. The number of likely N-dealkylation sites (tertiary alicyclic amines) is 2. The maximum atomic E-state index is 11.2. The molecule has 0 aromatic carbocycles. The largest absolute Gasteiger partial charge is 0.465 e. The molecule has 4 fully saturated rings. The molecule has 0 radical (unpaired) electrons. The van der Waals surface area contributed by atoms with Crippen LogP contribution < -0.4 is 5.32 Å². The van der Waals surface area contributed by atoms with Crippen molar-refractivity contribution in [2.45, 2.75) is 56.5 Å². The van der Waals surface area contributed by atoms with Gasteiger partial charge in [-0.05, 0) is 87.4 Å². The molecule has 0 bridgehead atoms. The minimum absolute atomic E-state index is 0.231. The Morgan fingerprint density at radius 3 is 2.63 bits per heavy atom. The van der Waals surface area contributed by atoms with Crippen LogP contribution in [0.5, 0.6) is 0 Å². The molecule has 3 aliphatic heterocycles. The highest BCUT2D eigenvalue weighted by Gasteiger charge is 2.52. The summed E-state index contributed by atoms with van der Waals surface area (Å²) < 4.78 is 0. The Kier molecular flexibility index (Phi) is 4.49. The van der Waals surface area contributed by atoms with Crippen LogP contribution in [-0.4, -0.2) is 59.8 Å². The highest BCUT2D eigenvalue weighted by molar-refractivity contribution is 7.10. The van der Waals surface area contributed by atoms with Crippen LogP contribution in [0, 0.1) is 11.3 Å². The van der Waals surface area contributed by atoms with Gasteiger partial charge in [0.1, 0.15) is 0 Å². The minimum Gasteiger partial charge on any atom is -0.465 e. The smallest absolute Gasteiger partial charge is 0.407 e. The van der Waals surface area contributed by atoms with Crippen molar-refractivity contribution in [1.29, 1.82) is 0 Å². The Morgan fingerprint density at radius 1 is 1.22 bits per heavy atom. The second-order valence-electron chi connectivity index (χ2n) is 9.31. The van der Waals surface area contributed by atoms with Gasteiger partial charge in [0, 0.05) is 24.0 Å². The summed E-state index contributed by atoms with van der Waals surface area (Å²) in [4.78, 5) is 17.1. The number of nitrogens with one attached hydrogen (secondary N) is 1. The van der Waals surface area contributed by atoms with Crippen molar-refractivity contribution in [1.82, 2.24) is 15.1 Å². The van der Waals surface area contributed by atoms with Gasteiger partial charge in [-0.25, -0.2) is 4.79 Å². The molecule has 5 nitrogen and oxygen atoms in total. The van der Waals surface area contributed by atoms with E-state index >= 15 is 0 Å². The third kappa shape index (κ3) is 3.00. The second kappa shape index (κ2) is 6.75. The molecular formula is C21H31N3O2S. The predicted molar refractivity (Wildman–Crippen MR) is 107 cm³/mol. The van der Waals surface area contributed by atoms with Gasteiger partial charge in [0.25, 0.3) is 0 Å². The molecule has 5 rings (SSSR count). The van der Waals surface area contributed by atoms with E-state index in [1.807, 2.05) is 11.3 Å². The lowest BCUT2D eigenvalue weighted by Gasteiger charge is -2.52. The minimum atomic E-state index is -0.737. The fourth-order valence-electron chi connectivity index (χ4n) is 6.45. The predicted octanol–water partition coefficient (Wildman–Crippen LogP) is 3.57. The average Bonchev–Trinajstić information content (AvgIpc) is 3.40. The molecular weight excluding hydrogens is 358 g/mol. The summed E-state index contributed by atoms with van der Waals surface area (Å²) in [5.41, 5.74) is 0.527. The number of hydrogen-bond donors (Lipinski definition) is 2. The molecule has 1 saturated carbocycles. The number of amides is 1. The van der Waals surface area contributed by atoms with Crippen LogP contribution in [0.1, 0.15) is 49.8 Å². The van der Waals surface area contributed by atoms with Crippen LogP contribution in [0.3, 0.4) is 0 Å². The van der Waals surface area contributed by atoms with Gasteiger partial charge in [-0.1, -0.05) is 6.07 Å². The van der Waals surface area contributed by atoms with E-state index in [0.717, 1.165) is 32.0 Å². The fourth-order valence-corrected chi connectivity index (χ4v) is 7.46. The molecule has 2 N–H and O–H groups in total. The average molecular weight is 390 g/mol. The lowest BCUT2D eigenvalue weighted by atomic mass is 9.64. The van der Waals surface area contributed by atoms with E-state index in [2.05, 4.69) is 27.7 Å². The highest BCUT2D eigenvalue weighted by atomic mass is 32.1. The third-order valence-electron chi connectivity index (χ3n) is 7.94. The number of thiophene rings is 1. The fraction of sp³-hybridized carbons (Fsp3) is 0.762. The number of carbonyl (C=O) groups is 1. The van der Waals surface area contributed by atoms with E-state index in [0.29, 0.717) is 11.5 Å². The van der Waals surface area contributed by atoms with Crippen molar-refractivity contribution in [2.75, 3.05) is 32.7 Å². The van der Waals surface area contributed by atoms with Crippen LogP contribution in [0.25, 0.3) is 0 Å². The second-order valence-corrected chi connectivity index (χ2v) is 10.3. The number of carboxylic acid groups (broad SMARTS) is 1. The zero-order chi connectivity index (χ0) is 18.5. The summed E-state index contributed by atoms with van der Waals surface area (Å²) in [6, 6.07) is 5.22. The molecule has 4 aliphatic rings. The van der Waals surface area contributed by atoms with Crippen molar-refractivity contribution in [3.63, 3.8) is 0 Å². The van der Waals surface area contributed by atoms with Crippen molar-refractivity contribution in [3.8, 4) is 0 Å². The maximum Gasteiger partial charge on any atom is 0.407 e. The number of rotatable bonds is 3. The van der Waals surface area contributed by atoms with Crippen LogP contribution in [0.2, 0.25) is 0 Å². The summed E-state index contributed by atoms with van der Waals surface area (Å²) in [6.45, 7) is 5.08. The highest BCUT2D eigenvalue weighted by Crippen LogP contribution is 2.51. The van der Waals surface area contributed by atoms with Crippen LogP contribution in [-0.2, 0) is 5.54 Å². The number of nitrogens with zero attached hydrogens (tertiary/aromatic N) is 2. The summed E-state index contributed by atoms with van der Waals surface area (Å²) in [7, 11) is 0. The molecule has 1 spiro atoms. The standard InChI is InChI=1S/C21H31N3O2S/c25-19(26)24-11-7-20(15-24)13-17(14-20)23-9-4-16(5-10-23)21(6-2-8-22-21)18-3-1-12-27-18/h1,3,12,16-17,22H,2,4-11,13-15H2,(H,25,26)/t17?,20?,21-/m1/s1. The zero-order valence-electron chi connectivity index (χ0n) is 16.0. The quantitative estimate of drug-likeness (QED) is 0.830. The lowest BCUT2D eigenvalue weighted by Crippen LogP contribution is -2.56. The van der Waals surface area contributed by atoms with Crippen molar-refractivity contribution in [3.05, 3.63) is 22.4 Å². The lowest BCUT2D eigenvalue weighted by molar-refractivity contribution is -0.0170. The Bertz CT molecular complexity index is 672. The molecule has 1 aromatic rings. The summed E-state index contributed by atoms with van der Waals surface area (Å²) >= 11 is 1.92. The molecule has 6 heteroatoms. The normalized spacial score (nSPS) is 37.8. The number of piperidine rings is 1. The summed E-state index contributed by atoms with van der Waals surface area (Å²) in [5, 5.41) is 15.4. The van der Waals surface area contributed by atoms with E-state index in [1.54, 1.807) is 9.78 Å². The van der Waals surface area contributed by atoms with Gasteiger partial charge < -0.3 is 20.2 Å². The molecule has 3 saturated heterocycles. The van der Waals surface area contributed by atoms with Gasteiger partial charge in [0.2, 0.25) is 0 Å². The Balaban J connectivity index is 1.18. The first-order valence-electron chi connectivity index (χ1n) is 10.6. The SMILES string of the molecule is O=C(O)N1CCC2(CC(N3CCC([C@@]4(c5cccs5)CCCN4)CC3)C2)C1. The number of hydrogen-bond acceptors (Lipinski definition) is 4. The first kappa shape index (κ1) is 18.0. The topological polar surface area (TPSA) is 55.8 Å². The molecule has 4 heterocycles. The zero-order valence-corrected chi connectivity index (χ0v) is 16.8. The molecule has 1 amide bonds. The van der Waals surface area contributed by atoms with Gasteiger partial charge in [-0.2, -0.15) is 0 Å². The molecule has 1 aromatic heterocycles. The van der Waals surface area contributed by atoms with Crippen LogP contribution >= 0.6 is 11.3 Å². The van der Waals surface area contributed by atoms with Crippen molar-refractivity contribution < 1.29 is 9.90 Å².